The van der Waals surface area contributed by atoms with E-state index in [1.54, 1.807) is 0 Å². The van der Waals surface area contributed by atoms with Gasteiger partial charge in [-0.05, 0) is 44.1 Å². The average molecular weight is 224 g/mol. The van der Waals surface area contributed by atoms with Crippen LogP contribution < -0.4 is 10.6 Å². The molecule has 16 heavy (non-hydrogen) atoms. The Labute approximate surface area is 98.4 Å². The van der Waals surface area contributed by atoms with Gasteiger partial charge < -0.3 is 10.6 Å². The van der Waals surface area contributed by atoms with Crippen LogP contribution >= 0.6 is 0 Å². The topological polar surface area (TPSA) is 41.1 Å². The predicted molar refractivity (Wildman–Crippen MR) is 65.1 cm³/mol. The monoisotopic (exact) mass is 224 g/mol. The molecule has 3 heteroatoms. The minimum Gasteiger partial charge on any atom is -0.352 e. The van der Waals surface area contributed by atoms with E-state index in [4.69, 9.17) is 0 Å². The van der Waals surface area contributed by atoms with Crippen LogP contribution in [0.15, 0.2) is 0 Å². The maximum absolute atomic E-state index is 12.1. The Bertz CT molecular complexity index is 246. The molecular formula is C13H24N2O. The minimum absolute atomic E-state index is 0.281. The van der Waals surface area contributed by atoms with Crippen molar-refractivity contribution in [2.24, 2.45) is 17.8 Å². The fourth-order valence-electron chi connectivity index (χ4n) is 2.83. The summed E-state index contributed by atoms with van der Waals surface area (Å²) in [5.41, 5.74) is 0. The molecule has 1 amide bonds. The van der Waals surface area contributed by atoms with Crippen LogP contribution in [0, 0.1) is 17.8 Å². The van der Waals surface area contributed by atoms with E-state index in [0.29, 0.717) is 17.9 Å². The van der Waals surface area contributed by atoms with Crippen molar-refractivity contribution in [3.8, 4) is 0 Å². The highest BCUT2D eigenvalue weighted by Gasteiger charge is 2.29. The SMILES string of the molecule is CC1CCC(C(=O)NC2CNCC2C)CC1. The van der Waals surface area contributed by atoms with Gasteiger partial charge in [0.1, 0.15) is 0 Å². The molecule has 2 rings (SSSR count). The molecule has 2 N–H and O–H groups in total. The van der Waals surface area contributed by atoms with Gasteiger partial charge in [-0.1, -0.05) is 13.8 Å². The van der Waals surface area contributed by atoms with Crippen LogP contribution in [-0.2, 0) is 4.79 Å². The highest BCUT2D eigenvalue weighted by Crippen LogP contribution is 2.28. The van der Waals surface area contributed by atoms with Crippen LogP contribution in [0.2, 0.25) is 0 Å². The number of nitrogens with one attached hydrogen (secondary N) is 2. The third-order valence-electron chi connectivity index (χ3n) is 4.23. The molecule has 3 nitrogen and oxygen atoms in total. The van der Waals surface area contributed by atoms with Crippen LogP contribution in [0.1, 0.15) is 39.5 Å². The first kappa shape index (κ1) is 11.9. The van der Waals surface area contributed by atoms with E-state index in [-0.39, 0.29) is 5.92 Å². The Kier molecular flexibility index (Phi) is 3.85. The molecule has 0 bridgehead atoms. The summed E-state index contributed by atoms with van der Waals surface area (Å²) in [4.78, 5) is 12.1. The third-order valence-corrected chi connectivity index (χ3v) is 4.23. The second kappa shape index (κ2) is 5.17. The lowest BCUT2D eigenvalue weighted by Crippen LogP contribution is -2.43. The van der Waals surface area contributed by atoms with Crippen molar-refractivity contribution >= 4 is 5.91 Å². The first-order chi connectivity index (χ1) is 7.66. The van der Waals surface area contributed by atoms with Gasteiger partial charge in [-0.15, -0.1) is 0 Å². The molecule has 2 fully saturated rings. The summed E-state index contributed by atoms with van der Waals surface area (Å²) in [6.45, 7) is 6.47. The first-order valence-electron chi connectivity index (χ1n) is 6.68. The molecule has 1 heterocycles. The van der Waals surface area contributed by atoms with E-state index < -0.39 is 0 Å². The third kappa shape index (κ3) is 2.76. The maximum Gasteiger partial charge on any atom is 0.223 e. The van der Waals surface area contributed by atoms with Gasteiger partial charge in [0.05, 0.1) is 0 Å². The highest BCUT2D eigenvalue weighted by atomic mass is 16.1. The van der Waals surface area contributed by atoms with Gasteiger partial charge in [0.15, 0.2) is 0 Å². The van der Waals surface area contributed by atoms with Crippen LogP contribution in [0.5, 0.6) is 0 Å². The van der Waals surface area contributed by atoms with E-state index in [2.05, 4.69) is 24.5 Å². The summed E-state index contributed by atoms with van der Waals surface area (Å²) in [5.74, 6) is 1.97. The largest absolute Gasteiger partial charge is 0.352 e. The van der Waals surface area contributed by atoms with Crippen LogP contribution in [0.25, 0.3) is 0 Å². The smallest absolute Gasteiger partial charge is 0.223 e. The van der Waals surface area contributed by atoms with E-state index >= 15 is 0 Å². The predicted octanol–water partition coefficient (Wildman–Crippen LogP) is 1.54. The van der Waals surface area contributed by atoms with Gasteiger partial charge in [0.25, 0.3) is 0 Å². The molecule has 0 spiro atoms. The number of carbonyl (C=O) groups is 1. The van der Waals surface area contributed by atoms with Crippen molar-refractivity contribution in [1.82, 2.24) is 10.6 Å². The summed E-state index contributed by atoms with van der Waals surface area (Å²) in [5, 5.41) is 6.53. The molecular weight excluding hydrogens is 200 g/mol. The lowest BCUT2D eigenvalue weighted by molar-refractivity contribution is -0.127. The molecule has 92 valence electrons. The number of carbonyl (C=O) groups excluding carboxylic acids is 1. The molecule has 1 saturated carbocycles. The molecule has 1 saturated heterocycles. The Morgan fingerprint density at radius 1 is 1.12 bits per heavy atom. The average Bonchev–Trinajstić information content (AvgIpc) is 2.65. The Balaban J connectivity index is 1.79. The summed E-state index contributed by atoms with van der Waals surface area (Å²) < 4.78 is 0. The van der Waals surface area contributed by atoms with Crippen molar-refractivity contribution in [1.29, 1.82) is 0 Å². The molecule has 0 radical (unpaired) electrons. The van der Waals surface area contributed by atoms with Crippen LogP contribution in [-0.4, -0.2) is 25.0 Å². The van der Waals surface area contributed by atoms with Gasteiger partial charge in [0, 0.05) is 18.5 Å². The minimum atomic E-state index is 0.281. The van der Waals surface area contributed by atoms with Crippen molar-refractivity contribution in [3.05, 3.63) is 0 Å². The number of hydrogen-bond donors (Lipinski definition) is 2. The Morgan fingerprint density at radius 3 is 2.38 bits per heavy atom. The molecule has 0 aromatic heterocycles. The zero-order valence-electron chi connectivity index (χ0n) is 10.5. The number of hydrogen-bond acceptors (Lipinski definition) is 2. The van der Waals surface area contributed by atoms with Gasteiger partial charge in [-0.25, -0.2) is 0 Å². The summed E-state index contributed by atoms with van der Waals surface area (Å²) in [7, 11) is 0. The van der Waals surface area contributed by atoms with Gasteiger partial charge in [-0.2, -0.15) is 0 Å². The van der Waals surface area contributed by atoms with Gasteiger partial charge >= 0.3 is 0 Å². The first-order valence-corrected chi connectivity index (χ1v) is 6.68. The molecule has 1 aliphatic carbocycles. The Hall–Kier alpha value is -0.570. The standard InChI is InChI=1S/C13H24N2O/c1-9-3-5-11(6-4-9)13(16)15-12-8-14-7-10(12)2/h9-12,14H,3-8H2,1-2H3,(H,15,16). The van der Waals surface area contributed by atoms with Crippen LogP contribution in [0.4, 0.5) is 0 Å². The van der Waals surface area contributed by atoms with Crippen LogP contribution in [0.3, 0.4) is 0 Å². The zero-order chi connectivity index (χ0) is 11.5. The molecule has 0 aromatic carbocycles. The van der Waals surface area contributed by atoms with Crippen molar-refractivity contribution in [2.75, 3.05) is 13.1 Å². The molecule has 2 unspecified atom stereocenters. The van der Waals surface area contributed by atoms with Crippen molar-refractivity contribution < 1.29 is 4.79 Å². The van der Waals surface area contributed by atoms with Gasteiger partial charge in [0.2, 0.25) is 5.91 Å². The fourth-order valence-corrected chi connectivity index (χ4v) is 2.83. The number of rotatable bonds is 2. The number of amides is 1. The highest BCUT2D eigenvalue weighted by molar-refractivity contribution is 5.79. The lowest BCUT2D eigenvalue weighted by Gasteiger charge is -2.27. The maximum atomic E-state index is 12.1. The quantitative estimate of drug-likeness (QED) is 0.747. The van der Waals surface area contributed by atoms with Gasteiger partial charge in [-0.3, -0.25) is 4.79 Å². The van der Waals surface area contributed by atoms with E-state index in [1.807, 2.05) is 0 Å². The zero-order valence-corrected chi connectivity index (χ0v) is 10.5. The molecule has 2 atom stereocenters. The summed E-state index contributed by atoms with van der Waals surface area (Å²) >= 11 is 0. The summed E-state index contributed by atoms with van der Waals surface area (Å²) in [6, 6.07) is 0.354. The second-order valence-corrected chi connectivity index (χ2v) is 5.71. The summed E-state index contributed by atoms with van der Waals surface area (Å²) in [6.07, 6.45) is 4.61. The normalized spacial score (nSPS) is 39.6. The fraction of sp³-hybridized carbons (Fsp3) is 0.923. The van der Waals surface area contributed by atoms with E-state index in [1.165, 1.54) is 12.8 Å². The molecule has 0 aromatic rings. The van der Waals surface area contributed by atoms with E-state index in [9.17, 15) is 4.79 Å². The lowest BCUT2D eigenvalue weighted by atomic mass is 9.82. The molecule has 2 aliphatic rings. The second-order valence-electron chi connectivity index (χ2n) is 5.71. The Morgan fingerprint density at radius 2 is 1.81 bits per heavy atom. The van der Waals surface area contributed by atoms with Crippen molar-refractivity contribution in [3.63, 3.8) is 0 Å². The van der Waals surface area contributed by atoms with E-state index in [0.717, 1.165) is 31.8 Å². The van der Waals surface area contributed by atoms with Crippen molar-refractivity contribution in [2.45, 2.75) is 45.6 Å². The molecule has 1 aliphatic heterocycles.